The van der Waals surface area contributed by atoms with Crippen LogP contribution in [0.3, 0.4) is 0 Å². The van der Waals surface area contributed by atoms with E-state index in [1.165, 1.54) is 83.4 Å². The van der Waals surface area contributed by atoms with Crippen molar-refractivity contribution in [3.8, 4) is 5.75 Å². The minimum atomic E-state index is -0.906. The highest BCUT2D eigenvalue weighted by atomic mass is 32.2. The van der Waals surface area contributed by atoms with Gasteiger partial charge in [0.1, 0.15) is 11.8 Å². The number of phenols is 1. The third-order valence-corrected chi connectivity index (χ3v) is 11.1. The maximum atomic E-state index is 13.6. The number of amides is 4. The lowest BCUT2D eigenvalue weighted by atomic mass is 9.91. The Morgan fingerprint density at radius 1 is 0.719 bits per heavy atom. The zero-order valence-electron chi connectivity index (χ0n) is 35.5. The molecule has 12 nitrogen and oxygen atoms in total. The van der Waals surface area contributed by atoms with Gasteiger partial charge >= 0.3 is 0 Å². The highest BCUT2D eigenvalue weighted by Crippen LogP contribution is 2.19. The smallest absolute Gasteiger partial charge is 0.242 e. The fourth-order valence-corrected chi connectivity index (χ4v) is 7.27. The molecule has 0 saturated carbocycles. The van der Waals surface area contributed by atoms with Gasteiger partial charge in [0.05, 0.1) is 12.6 Å². The molecule has 0 aromatic heterocycles. The predicted octanol–water partition coefficient (Wildman–Crippen LogP) is 6.30. The molecule has 4 atom stereocenters. The monoisotopic (exact) mass is 818 g/mol. The van der Waals surface area contributed by atoms with E-state index in [1.54, 1.807) is 30.8 Å². The Labute approximate surface area is 347 Å². The van der Waals surface area contributed by atoms with Crippen LogP contribution in [0, 0.1) is 11.8 Å². The van der Waals surface area contributed by atoms with Gasteiger partial charge in [0, 0.05) is 38.1 Å². The average Bonchev–Trinajstić information content (AvgIpc) is 3.19. The van der Waals surface area contributed by atoms with Gasteiger partial charge in [-0.05, 0) is 75.3 Å². The SMILES string of the molecule is CCCCCCCCCCCCCCCC(=O)N[C@@H](CCSC)C(=O)NCC(=O)C[C@@H](Cc1ccc(O)cc1)C(=O)N[C@@H](C)C(=O)C[C@@H](CCCCN)C(=O)NC. The Morgan fingerprint density at radius 2 is 1.32 bits per heavy atom. The molecule has 0 aliphatic carbocycles. The van der Waals surface area contributed by atoms with E-state index in [0.29, 0.717) is 43.5 Å². The molecule has 4 amide bonds. The lowest BCUT2D eigenvalue weighted by molar-refractivity contribution is -0.134. The van der Waals surface area contributed by atoms with Crippen molar-refractivity contribution in [2.45, 2.75) is 161 Å². The average molecular weight is 818 g/mol. The number of carbonyl (C=O) groups excluding carboxylic acids is 6. The molecule has 57 heavy (non-hydrogen) atoms. The summed E-state index contributed by atoms with van der Waals surface area (Å²) in [4.78, 5) is 78.5. The Kier molecular flexibility index (Phi) is 29.4. The number of unbranched alkanes of at least 4 members (excludes halogenated alkanes) is 13. The van der Waals surface area contributed by atoms with Gasteiger partial charge in [-0.2, -0.15) is 11.8 Å². The van der Waals surface area contributed by atoms with Crippen molar-refractivity contribution in [3.63, 3.8) is 0 Å². The Morgan fingerprint density at radius 3 is 1.88 bits per heavy atom. The molecule has 1 rings (SSSR count). The number of phenolic OH excluding ortho intramolecular Hbond substituents is 1. The quantitative estimate of drug-likeness (QED) is 0.0426. The maximum Gasteiger partial charge on any atom is 0.242 e. The van der Waals surface area contributed by atoms with Gasteiger partial charge in [-0.1, -0.05) is 103 Å². The molecule has 324 valence electrons. The van der Waals surface area contributed by atoms with Crippen LogP contribution >= 0.6 is 11.8 Å². The summed E-state index contributed by atoms with van der Waals surface area (Å²) in [5.41, 5.74) is 6.29. The molecular formula is C44H75N5O7S. The van der Waals surface area contributed by atoms with Crippen molar-refractivity contribution < 1.29 is 33.9 Å². The molecule has 7 N–H and O–H groups in total. The summed E-state index contributed by atoms with van der Waals surface area (Å²) in [5.74, 6) is -2.80. The Balaban J connectivity index is 2.70. The van der Waals surface area contributed by atoms with Gasteiger partial charge in [-0.15, -0.1) is 0 Å². The van der Waals surface area contributed by atoms with Crippen LogP contribution in [0.4, 0.5) is 0 Å². The first-order chi connectivity index (χ1) is 27.4. The third-order valence-electron chi connectivity index (χ3n) is 10.4. The van der Waals surface area contributed by atoms with Crippen LogP contribution in [0.25, 0.3) is 0 Å². The first-order valence-electron chi connectivity index (χ1n) is 21.6. The molecule has 0 heterocycles. The number of nitrogens with two attached hydrogens (primary N) is 1. The maximum absolute atomic E-state index is 13.6. The van der Waals surface area contributed by atoms with Crippen LogP contribution in [0.5, 0.6) is 5.75 Å². The number of rotatable bonds is 35. The highest BCUT2D eigenvalue weighted by molar-refractivity contribution is 7.98. The van der Waals surface area contributed by atoms with E-state index in [1.807, 2.05) is 6.26 Å². The van der Waals surface area contributed by atoms with Crippen molar-refractivity contribution in [2.75, 3.05) is 32.1 Å². The van der Waals surface area contributed by atoms with Crippen LogP contribution in [0.15, 0.2) is 24.3 Å². The molecule has 0 aliphatic heterocycles. The molecular weight excluding hydrogens is 743 g/mol. The van der Waals surface area contributed by atoms with E-state index in [2.05, 4.69) is 28.2 Å². The van der Waals surface area contributed by atoms with Gasteiger partial charge in [-0.25, -0.2) is 0 Å². The molecule has 0 bridgehead atoms. The second-order valence-corrected chi connectivity index (χ2v) is 16.4. The largest absolute Gasteiger partial charge is 0.508 e. The lowest BCUT2D eigenvalue weighted by Gasteiger charge is -2.22. The van der Waals surface area contributed by atoms with Gasteiger partial charge in [0.15, 0.2) is 11.6 Å². The standard InChI is InChI=1S/C44H75N5O7S/c1-5-6-7-8-9-10-11-12-13-14-15-16-17-21-41(53)49-39(26-28-57-4)44(56)47-32-38(51)30-36(29-34-22-24-37(50)25-23-34)43(55)48-33(2)40(52)31-35(42(54)46-3)20-18-19-27-45/h22-25,33,35-36,39,50H,5-21,26-32,45H2,1-4H3,(H,46,54)(H,47,56)(H,48,55)(H,49,53)/t33-,35+,36+,39-/m0/s1. The molecule has 1 aromatic carbocycles. The summed E-state index contributed by atoms with van der Waals surface area (Å²) in [7, 11) is 1.52. The minimum Gasteiger partial charge on any atom is -0.508 e. The van der Waals surface area contributed by atoms with Gasteiger partial charge < -0.3 is 32.1 Å². The molecule has 0 aliphatic rings. The minimum absolute atomic E-state index is 0.0487. The fourth-order valence-electron chi connectivity index (χ4n) is 6.80. The molecule has 0 fully saturated rings. The number of hydrogen-bond donors (Lipinski definition) is 6. The molecule has 1 aromatic rings. The van der Waals surface area contributed by atoms with Crippen LogP contribution in [-0.4, -0.2) is 84.5 Å². The number of carbonyl (C=O) groups is 6. The summed E-state index contributed by atoms with van der Waals surface area (Å²) in [6.45, 7) is 3.96. The molecule has 0 unspecified atom stereocenters. The van der Waals surface area contributed by atoms with Crippen LogP contribution in [0.1, 0.15) is 148 Å². The molecule has 13 heteroatoms. The highest BCUT2D eigenvalue weighted by Gasteiger charge is 2.29. The number of benzene rings is 1. The number of ketones is 2. The van der Waals surface area contributed by atoms with Crippen molar-refractivity contribution >= 4 is 47.0 Å². The number of aromatic hydroxyl groups is 1. The van der Waals surface area contributed by atoms with Gasteiger partial charge in [0.2, 0.25) is 23.6 Å². The molecule has 0 saturated heterocycles. The van der Waals surface area contributed by atoms with E-state index in [4.69, 9.17) is 5.73 Å². The number of thioether (sulfide) groups is 1. The van der Waals surface area contributed by atoms with Crippen molar-refractivity contribution in [1.29, 1.82) is 0 Å². The fraction of sp³-hybridized carbons (Fsp3) is 0.727. The second kappa shape index (κ2) is 32.5. The Bertz CT molecular complexity index is 1310. The first-order valence-corrected chi connectivity index (χ1v) is 22.9. The zero-order valence-corrected chi connectivity index (χ0v) is 36.3. The summed E-state index contributed by atoms with van der Waals surface area (Å²) in [6, 6.07) is 4.60. The molecule has 0 radical (unpaired) electrons. The second-order valence-electron chi connectivity index (χ2n) is 15.4. The normalized spacial score (nSPS) is 13.2. The van der Waals surface area contributed by atoms with Gasteiger partial charge in [-0.3, -0.25) is 28.8 Å². The summed E-state index contributed by atoms with van der Waals surface area (Å²) < 4.78 is 0. The van der Waals surface area contributed by atoms with Crippen molar-refractivity contribution in [3.05, 3.63) is 29.8 Å². The van der Waals surface area contributed by atoms with Crippen LogP contribution in [0.2, 0.25) is 0 Å². The van der Waals surface area contributed by atoms with E-state index >= 15 is 0 Å². The van der Waals surface area contributed by atoms with Crippen LogP contribution in [-0.2, 0) is 35.2 Å². The number of nitrogens with one attached hydrogen (secondary N) is 4. The van der Waals surface area contributed by atoms with Crippen molar-refractivity contribution in [1.82, 2.24) is 21.3 Å². The number of hydrogen-bond acceptors (Lipinski definition) is 9. The van der Waals surface area contributed by atoms with E-state index in [0.717, 1.165) is 25.7 Å². The number of Topliss-reactive ketones (excluding diaryl/α,β-unsaturated/α-hetero) is 2. The first kappa shape index (κ1) is 51.6. The predicted molar refractivity (Wildman–Crippen MR) is 231 cm³/mol. The zero-order chi connectivity index (χ0) is 42.3. The summed E-state index contributed by atoms with van der Waals surface area (Å²) in [5, 5.41) is 20.6. The van der Waals surface area contributed by atoms with E-state index < -0.39 is 35.7 Å². The van der Waals surface area contributed by atoms with E-state index in [-0.39, 0.29) is 54.9 Å². The van der Waals surface area contributed by atoms with E-state index in [9.17, 15) is 33.9 Å². The van der Waals surface area contributed by atoms with Crippen molar-refractivity contribution in [2.24, 2.45) is 17.6 Å². The molecule has 0 spiro atoms. The topological polar surface area (TPSA) is 197 Å². The third kappa shape index (κ3) is 24.8. The van der Waals surface area contributed by atoms with Gasteiger partial charge in [0.25, 0.3) is 0 Å². The summed E-state index contributed by atoms with van der Waals surface area (Å²) >= 11 is 1.56. The van der Waals surface area contributed by atoms with Crippen LogP contribution < -0.4 is 27.0 Å². The lowest BCUT2D eigenvalue weighted by Crippen LogP contribution is -2.48. The summed E-state index contributed by atoms with van der Waals surface area (Å²) in [6.07, 6.45) is 20.3. The Hall–Kier alpha value is -3.45.